The molecule has 1 unspecified atom stereocenters. The van der Waals surface area contributed by atoms with Crippen LogP contribution in [0.4, 0.5) is 0 Å². The zero-order valence-electron chi connectivity index (χ0n) is 7.54. The number of rotatable bonds is 1. The van der Waals surface area contributed by atoms with Gasteiger partial charge in [0.15, 0.2) is 5.15 Å². The summed E-state index contributed by atoms with van der Waals surface area (Å²) >= 11 is 12.0. The number of imidazole rings is 1. The Balaban J connectivity index is 2.86. The molecule has 1 atom stereocenters. The van der Waals surface area contributed by atoms with E-state index < -0.39 is 0 Å². The topological polar surface area (TPSA) is 43.3 Å². The molecular weight excluding hydrogens is 221 g/mol. The average molecular weight is 230 g/mol. The first-order valence-corrected chi connectivity index (χ1v) is 4.95. The molecule has 2 aromatic heterocycles. The van der Waals surface area contributed by atoms with Crippen molar-refractivity contribution in [1.82, 2.24) is 9.38 Å². The second-order valence-corrected chi connectivity index (χ2v) is 3.86. The predicted molar refractivity (Wildman–Crippen MR) is 57.8 cm³/mol. The van der Waals surface area contributed by atoms with Crippen LogP contribution in [0.15, 0.2) is 18.2 Å². The number of nitrogens with zero attached hydrogens (tertiary/aromatic N) is 2. The minimum absolute atomic E-state index is 0.199. The van der Waals surface area contributed by atoms with E-state index in [9.17, 15) is 0 Å². The molecule has 0 aliphatic carbocycles. The van der Waals surface area contributed by atoms with Gasteiger partial charge in [0, 0.05) is 0 Å². The lowest BCUT2D eigenvalue weighted by molar-refractivity contribution is 0.736. The molecule has 0 aromatic carbocycles. The summed E-state index contributed by atoms with van der Waals surface area (Å²) in [6.07, 6.45) is 0. The zero-order valence-corrected chi connectivity index (χ0v) is 9.05. The van der Waals surface area contributed by atoms with E-state index in [1.807, 2.05) is 19.1 Å². The van der Waals surface area contributed by atoms with E-state index in [-0.39, 0.29) is 6.04 Å². The number of aromatic nitrogens is 2. The molecule has 2 aromatic rings. The van der Waals surface area contributed by atoms with Crippen LogP contribution >= 0.6 is 23.2 Å². The first kappa shape index (κ1) is 9.77. The van der Waals surface area contributed by atoms with E-state index in [1.165, 1.54) is 0 Å². The van der Waals surface area contributed by atoms with Crippen LogP contribution in [0.3, 0.4) is 0 Å². The highest BCUT2D eigenvalue weighted by molar-refractivity contribution is 6.33. The van der Waals surface area contributed by atoms with Crippen molar-refractivity contribution in [2.24, 2.45) is 5.73 Å². The summed E-state index contributed by atoms with van der Waals surface area (Å²) in [7, 11) is 0. The molecule has 14 heavy (non-hydrogen) atoms. The van der Waals surface area contributed by atoms with E-state index in [4.69, 9.17) is 28.9 Å². The van der Waals surface area contributed by atoms with Crippen LogP contribution in [0.1, 0.15) is 18.8 Å². The first-order valence-electron chi connectivity index (χ1n) is 4.19. The Morgan fingerprint density at radius 2 is 2.14 bits per heavy atom. The third-order valence-electron chi connectivity index (χ3n) is 2.00. The van der Waals surface area contributed by atoms with E-state index >= 15 is 0 Å². The van der Waals surface area contributed by atoms with Gasteiger partial charge in [0.1, 0.15) is 11.0 Å². The molecular formula is C9H9Cl2N3. The Kier molecular flexibility index (Phi) is 2.39. The molecule has 74 valence electrons. The molecule has 0 saturated carbocycles. The van der Waals surface area contributed by atoms with E-state index in [0.29, 0.717) is 16.1 Å². The molecule has 0 saturated heterocycles. The van der Waals surface area contributed by atoms with Crippen molar-refractivity contribution in [2.45, 2.75) is 13.0 Å². The average Bonchev–Trinajstić information content (AvgIpc) is 2.46. The minimum Gasteiger partial charge on any atom is -0.322 e. The fourth-order valence-corrected chi connectivity index (χ4v) is 1.87. The fourth-order valence-electron chi connectivity index (χ4n) is 1.39. The lowest BCUT2D eigenvalue weighted by Gasteiger charge is -2.05. The van der Waals surface area contributed by atoms with Gasteiger partial charge in [0.05, 0.1) is 11.6 Å². The van der Waals surface area contributed by atoms with Gasteiger partial charge in [-0.2, -0.15) is 0 Å². The van der Waals surface area contributed by atoms with Crippen molar-refractivity contribution in [3.8, 4) is 0 Å². The normalized spacial score (nSPS) is 13.4. The van der Waals surface area contributed by atoms with Crippen LogP contribution in [-0.4, -0.2) is 9.38 Å². The Bertz CT molecular complexity index is 476. The summed E-state index contributed by atoms with van der Waals surface area (Å²) < 4.78 is 1.76. The monoisotopic (exact) mass is 229 g/mol. The maximum absolute atomic E-state index is 6.03. The lowest BCUT2D eigenvalue weighted by atomic mass is 10.3. The SMILES string of the molecule is CC(N)c1nc(Cl)c2cccc(Cl)n12. The predicted octanol–water partition coefficient (Wildman–Crippen LogP) is 2.66. The van der Waals surface area contributed by atoms with Gasteiger partial charge in [0.2, 0.25) is 0 Å². The summed E-state index contributed by atoms with van der Waals surface area (Å²) in [6.45, 7) is 1.84. The Hall–Kier alpha value is -0.770. The number of nitrogens with two attached hydrogens (primary N) is 1. The number of hydrogen-bond donors (Lipinski definition) is 1. The number of hydrogen-bond acceptors (Lipinski definition) is 2. The second kappa shape index (κ2) is 3.42. The van der Waals surface area contributed by atoms with E-state index in [1.54, 1.807) is 10.5 Å². The zero-order chi connectivity index (χ0) is 10.3. The third-order valence-corrected chi connectivity index (χ3v) is 2.58. The third kappa shape index (κ3) is 1.38. The molecule has 0 amide bonds. The summed E-state index contributed by atoms with van der Waals surface area (Å²) in [4.78, 5) is 4.17. The second-order valence-electron chi connectivity index (χ2n) is 3.12. The van der Waals surface area contributed by atoms with Crippen molar-refractivity contribution in [3.63, 3.8) is 0 Å². The summed E-state index contributed by atoms with van der Waals surface area (Å²) in [5, 5.41) is 0.994. The highest BCUT2D eigenvalue weighted by Crippen LogP contribution is 2.24. The smallest absolute Gasteiger partial charge is 0.155 e. The van der Waals surface area contributed by atoms with Gasteiger partial charge in [-0.15, -0.1) is 0 Å². The molecule has 5 heteroatoms. The van der Waals surface area contributed by atoms with Gasteiger partial charge in [-0.1, -0.05) is 29.3 Å². The van der Waals surface area contributed by atoms with Crippen LogP contribution in [0.25, 0.3) is 5.52 Å². The van der Waals surface area contributed by atoms with Gasteiger partial charge in [0.25, 0.3) is 0 Å². The van der Waals surface area contributed by atoms with Crippen LogP contribution in [0.5, 0.6) is 0 Å². The van der Waals surface area contributed by atoms with Crippen LogP contribution in [0, 0.1) is 0 Å². The van der Waals surface area contributed by atoms with Gasteiger partial charge >= 0.3 is 0 Å². The largest absolute Gasteiger partial charge is 0.322 e. The fraction of sp³-hybridized carbons (Fsp3) is 0.222. The quantitative estimate of drug-likeness (QED) is 0.765. The minimum atomic E-state index is -0.199. The molecule has 0 aliphatic heterocycles. The number of fused-ring (bicyclic) bond motifs is 1. The van der Waals surface area contributed by atoms with Gasteiger partial charge < -0.3 is 5.73 Å². The molecule has 0 fully saturated rings. The summed E-state index contributed by atoms with van der Waals surface area (Å²) in [5.74, 6) is 0.676. The maximum atomic E-state index is 6.03. The summed E-state index contributed by atoms with van der Waals surface area (Å²) in [5.41, 5.74) is 6.55. The van der Waals surface area contributed by atoms with Crippen LogP contribution in [0.2, 0.25) is 10.3 Å². The molecule has 2 rings (SSSR count). The van der Waals surface area contributed by atoms with Crippen LogP contribution in [-0.2, 0) is 0 Å². The molecule has 2 heterocycles. The van der Waals surface area contributed by atoms with Crippen molar-refractivity contribution in [3.05, 3.63) is 34.3 Å². The lowest BCUT2D eigenvalue weighted by Crippen LogP contribution is -2.09. The highest BCUT2D eigenvalue weighted by atomic mass is 35.5. The van der Waals surface area contributed by atoms with Gasteiger partial charge in [-0.3, -0.25) is 4.40 Å². The Morgan fingerprint density at radius 3 is 2.79 bits per heavy atom. The van der Waals surface area contributed by atoms with E-state index in [2.05, 4.69) is 4.98 Å². The Morgan fingerprint density at radius 1 is 1.43 bits per heavy atom. The molecule has 2 N–H and O–H groups in total. The van der Waals surface area contributed by atoms with Gasteiger partial charge in [-0.25, -0.2) is 4.98 Å². The molecule has 0 bridgehead atoms. The maximum Gasteiger partial charge on any atom is 0.155 e. The first-order chi connectivity index (χ1) is 6.61. The summed E-state index contributed by atoms with van der Waals surface area (Å²) in [6, 6.07) is 5.26. The molecule has 0 aliphatic rings. The molecule has 3 nitrogen and oxygen atoms in total. The molecule has 0 spiro atoms. The van der Waals surface area contributed by atoms with Crippen molar-refractivity contribution in [2.75, 3.05) is 0 Å². The standard InChI is InChI=1S/C9H9Cl2N3/c1-5(12)9-13-8(11)6-3-2-4-7(10)14(6)9/h2-5H,12H2,1H3. The number of halogens is 2. The number of pyridine rings is 1. The van der Waals surface area contributed by atoms with Crippen molar-refractivity contribution < 1.29 is 0 Å². The van der Waals surface area contributed by atoms with Gasteiger partial charge in [-0.05, 0) is 19.1 Å². The van der Waals surface area contributed by atoms with E-state index in [0.717, 1.165) is 5.52 Å². The van der Waals surface area contributed by atoms with Crippen molar-refractivity contribution >= 4 is 28.7 Å². The highest BCUT2D eigenvalue weighted by Gasteiger charge is 2.13. The Labute approximate surface area is 91.4 Å². The molecule has 0 radical (unpaired) electrons. The van der Waals surface area contributed by atoms with Crippen molar-refractivity contribution in [1.29, 1.82) is 0 Å². The van der Waals surface area contributed by atoms with Crippen LogP contribution < -0.4 is 5.73 Å².